The minimum absolute atomic E-state index is 0.113. The van der Waals surface area contributed by atoms with Gasteiger partial charge in [0.2, 0.25) is 11.8 Å². The summed E-state index contributed by atoms with van der Waals surface area (Å²) in [5.41, 5.74) is 2.47. The molecular weight excluding hydrogens is 506 g/mol. The molecule has 2 bridgehead atoms. The zero-order valence-electron chi connectivity index (χ0n) is 24.0. The third kappa shape index (κ3) is 5.56. The van der Waals surface area contributed by atoms with Gasteiger partial charge in [0.1, 0.15) is 5.82 Å². The van der Waals surface area contributed by atoms with Gasteiger partial charge in [-0.3, -0.25) is 14.5 Å². The summed E-state index contributed by atoms with van der Waals surface area (Å²) in [7, 11) is 0. The second-order valence-electron chi connectivity index (χ2n) is 12.5. The molecule has 0 radical (unpaired) electrons. The Morgan fingerprint density at radius 1 is 1.05 bits per heavy atom. The van der Waals surface area contributed by atoms with E-state index in [0.717, 1.165) is 50.3 Å². The van der Waals surface area contributed by atoms with Gasteiger partial charge in [-0.1, -0.05) is 19.3 Å². The number of nitrogens with one attached hydrogen (secondary N) is 1. The molecule has 0 spiro atoms. The number of imidazole rings is 1. The number of carbonyl (C=O) groups excluding carboxylic acids is 2. The lowest BCUT2D eigenvalue weighted by atomic mass is 9.88. The van der Waals surface area contributed by atoms with E-state index in [1.807, 2.05) is 16.2 Å². The third-order valence-electron chi connectivity index (χ3n) is 9.97. The number of aryl methyl sites for hydroxylation is 2. The minimum atomic E-state index is 0.113. The van der Waals surface area contributed by atoms with Crippen molar-refractivity contribution in [1.82, 2.24) is 24.7 Å². The van der Waals surface area contributed by atoms with Crippen LogP contribution in [0, 0.1) is 19.8 Å². The van der Waals surface area contributed by atoms with Crippen molar-refractivity contribution in [3.63, 3.8) is 0 Å². The largest absolute Gasteiger partial charge is 0.348 e. The number of aromatic nitrogens is 2. The van der Waals surface area contributed by atoms with Crippen LogP contribution in [0.15, 0.2) is 12.1 Å². The molecule has 212 valence electrons. The van der Waals surface area contributed by atoms with E-state index in [9.17, 15) is 9.59 Å². The molecule has 2 aromatic rings. The number of amides is 2. The quantitative estimate of drug-likeness (QED) is 0.496. The van der Waals surface area contributed by atoms with Gasteiger partial charge in [0.15, 0.2) is 0 Å². The Balaban J connectivity index is 1.12. The SMILES string of the molecule is CC(=O)N1CCc2c(nc(C)n2[C@H]2C[C@H]3CC[C@@H](C2)N3CC[C@H](NC(=O)C2CCCCC2)c2ccc(C)s2)C1. The number of thiophene rings is 1. The molecule has 1 aliphatic carbocycles. The highest BCUT2D eigenvalue weighted by atomic mass is 32.1. The Labute approximate surface area is 237 Å². The molecule has 3 fully saturated rings. The summed E-state index contributed by atoms with van der Waals surface area (Å²) in [6.45, 7) is 8.47. The van der Waals surface area contributed by atoms with Gasteiger partial charge in [0.05, 0.1) is 18.3 Å². The average Bonchev–Trinajstić information content (AvgIpc) is 3.58. The van der Waals surface area contributed by atoms with E-state index in [1.54, 1.807) is 6.92 Å². The van der Waals surface area contributed by atoms with Crippen LogP contribution in [-0.2, 0) is 22.6 Å². The standard InChI is InChI=1S/C31H45N5O2S/c1-20-9-12-30(39-20)27(33-31(38)23-7-5-4-6-8-23)13-16-35-24-10-11-25(35)18-26(17-24)36-21(2)32-28-19-34(22(3)37)15-14-29(28)36/h9,12,23-27H,4-8,10-11,13-19H2,1-3H3,(H,33,38)/t24-,25+,26+,27-/m0/s1. The fraction of sp³-hybridized carbons (Fsp3) is 0.710. The molecule has 6 rings (SSSR count). The van der Waals surface area contributed by atoms with Crippen LogP contribution in [0.1, 0.15) is 110 Å². The van der Waals surface area contributed by atoms with Crippen molar-refractivity contribution in [1.29, 1.82) is 0 Å². The maximum Gasteiger partial charge on any atom is 0.223 e. The molecule has 2 aromatic heterocycles. The number of fused-ring (bicyclic) bond motifs is 3. The van der Waals surface area contributed by atoms with E-state index in [1.165, 1.54) is 60.4 Å². The fourth-order valence-corrected chi connectivity index (χ4v) is 8.94. The van der Waals surface area contributed by atoms with Crippen molar-refractivity contribution >= 4 is 23.2 Å². The predicted molar refractivity (Wildman–Crippen MR) is 155 cm³/mol. The molecule has 4 aliphatic rings. The molecule has 7 nitrogen and oxygen atoms in total. The smallest absolute Gasteiger partial charge is 0.223 e. The molecule has 2 saturated heterocycles. The number of piperidine rings is 1. The highest BCUT2D eigenvalue weighted by Crippen LogP contribution is 2.43. The Hall–Kier alpha value is -2.19. The number of nitrogens with zero attached hydrogens (tertiary/aromatic N) is 4. The Bertz CT molecular complexity index is 1180. The molecule has 2 amide bonds. The number of hydrogen-bond acceptors (Lipinski definition) is 5. The van der Waals surface area contributed by atoms with Crippen LogP contribution < -0.4 is 5.32 Å². The molecule has 0 aromatic carbocycles. The highest BCUT2D eigenvalue weighted by molar-refractivity contribution is 7.12. The van der Waals surface area contributed by atoms with Crippen LogP contribution in [-0.4, -0.2) is 56.3 Å². The van der Waals surface area contributed by atoms with Crippen molar-refractivity contribution < 1.29 is 9.59 Å². The van der Waals surface area contributed by atoms with Crippen LogP contribution in [0.3, 0.4) is 0 Å². The van der Waals surface area contributed by atoms with Gasteiger partial charge in [-0.15, -0.1) is 11.3 Å². The Morgan fingerprint density at radius 3 is 2.46 bits per heavy atom. The zero-order valence-corrected chi connectivity index (χ0v) is 24.8. The van der Waals surface area contributed by atoms with Gasteiger partial charge in [-0.2, -0.15) is 0 Å². The first-order valence-corrected chi connectivity index (χ1v) is 16.1. The van der Waals surface area contributed by atoms with Crippen LogP contribution in [0.5, 0.6) is 0 Å². The van der Waals surface area contributed by atoms with E-state index < -0.39 is 0 Å². The number of carbonyl (C=O) groups is 2. The lowest BCUT2D eigenvalue weighted by Crippen LogP contribution is -2.45. The summed E-state index contributed by atoms with van der Waals surface area (Å²) >= 11 is 1.84. The third-order valence-corrected chi connectivity index (χ3v) is 11.1. The second-order valence-corrected chi connectivity index (χ2v) is 13.8. The van der Waals surface area contributed by atoms with Crippen LogP contribution in [0.2, 0.25) is 0 Å². The van der Waals surface area contributed by atoms with Crippen LogP contribution >= 0.6 is 11.3 Å². The predicted octanol–water partition coefficient (Wildman–Crippen LogP) is 5.46. The van der Waals surface area contributed by atoms with Crippen molar-refractivity contribution in [2.24, 2.45) is 5.92 Å². The van der Waals surface area contributed by atoms with Crippen molar-refractivity contribution in [2.45, 2.75) is 122 Å². The first-order valence-electron chi connectivity index (χ1n) is 15.3. The molecule has 4 atom stereocenters. The van der Waals surface area contributed by atoms with Crippen LogP contribution in [0.4, 0.5) is 0 Å². The van der Waals surface area contributed by atoms with Gasteiger partial charge < -0.3 is 14.8 Å². The monoisotopic (exact) mass is 551 g/mol. The summed E-state index contributed by atoms with van der Waals surface area (Å²) in [4.78, 5) is 37.4. The van der Waals surface area contributed by atoms with E-state index in [2.05, 4.69) is 40.8 Å². The lowest BCUT2D eigenvalue weighted by Gasteiger charge is -2.41. The Morgan fingerprint density at radius 2 is 1.79 bits per heavy atom. The second kappa shape index (κ2) is 11.4. The summed E-state index contributed by atoms with van der Waals surface area (Å²) in [5, 5.41) is 3.49. The summed E-state index contributed by atoms with van der Waals surface area (Å²) in [6, 6.07) is 6.23. The summed E-state index contributed by atoms with van der Waals surface area (Å²) in [5.74, 6) is 1.73. The molecule has 0 unspecified atom stereocenters. The van der Waals surface area contributed by atoms with E-state index in [-0.39, 0.29) is 23.8 Å². The zero-order chi connectivity index (χ0) is 27.1. The van der Waals surface area contributed by atoms with Crippen molar-refractivity contribution in [3.8, 4) is 0 Å². The van der Waals surface area contributed by atoms with Gasteiger partial charge in [-0.25, -0.2) is 4.98 Å². The summed E-state index contributed by atoms with van der Waals surface area (Å²) in [6.07, 6.45) is 12.5. The fourth-order valence-electron chi connectivity index (χ4n) is 7.97. The maximum absolute atomic E-state index is 13.2. The molecule has 1 N–H and O–H groups in total. The average molecular weight is 552 g/mol. The number of hydrogen-bond donors (Lipinski definition) is 1. The van der Waals surface area contributed by atoms with Crippen LogP contribution in [0.25, 0.3) is 0 Å². The summed E-state index contributed by atoms with van der Waals surface area (Å²) < 4.78 is 2.54. The van der Waals surface area contributed by atoms with E-state index in [0.29, 0.717) is 24.7 Å². The van der Waals surface area contributed by atoms with Crippen molar-refractivity contribution in [2.75, 3.05) is 13.1 Å². The maximum atomic E-state index is 13.2. The van der Waals surface area contributed by atoms with Gasteiger partial charge in [0.25, 0.3) is 0 Å². The first-order chi connectivity index (χ1) is 18.9. The molecule has 3 aliphatic heterocycles. The molecule has 39 heavy (non-hydrogen) atoms. The van der Waals surface area contributed by atoms with Crippen molar-refractivity contribution in [3.05, 3.63) is 39.1 Å². The number of rotatable bonds is 7. The molecular formula is C31H45N5O2S. The highest BCUT2D eigenvalue weighted by Gasteiger charge is 2.42. The minimum Gasteiger partial charge on any atom is -0.348 e. The first kappa shape index (κ1) is 27.0. The molecule has 8 heteroatoms. The molecule has 5 heterocycles. The van der Waals surface area contributed by atoms with E-state index in [4.69, 9.17) is 4.98 Å². The Kier molecular flexibility index (Phi) is 7.86. The topological polar surface area (TPSA) is 70.5 Å². The lowest BCUT2D eigenvalue weighted by molar-refractivity contribution is -0.130. The molecule has 1 saturated carbocycles. The van der Waals surface area contributed by atoms with E-state index >= 15 is 0 Å². The van der Waals surface area contributed by atoms with Gasteiger partial charge in [-0.05, 0) is 70.9 Å². The van der Waals surface area contributed by atoms with Gasteiger partial charge >= 0.3 is 0 Å². The van der Waals surface area contributed by atoms with Gasteiger partial charge in [0, 0.05) is 65.9 Å². The normalized spacial score (nSPS) is 26.4.